The molecule has 0 saturated heterocycles. The smallest absolute Gasteiger partial charge is 0.381 e. The topological polar surface area (TPSA) is 122 Å². The van der Waals surface area contributed by atoms with Gasteiger partial charge in [-0.1, -0.05) is 78.1 Å². The van der Waals surface area contributed by atoms with Crippen LogP contribution in [0.2, 0.25) is 0 Å². The fourth-order valence-corrected chi connectivity index (χ4v) is 2.07. The Hall–Kier alpha value is 0.0300. The van der Waals surface area contributed by atoms with E-state index in [-0.39, 0.29) is 6.15 Å². The molecule has 23 heavy (non-hydrogen) atoms. The highest BCUT2D eigenvalue weighted by molar-refractivity contribution is 7.45. The molecular formula is C16H40NO5P. The molecule has 144 valence electrons. The molecule has 0 aromatic carbocycles. The summed E-state index contributed by atoms with van der Waals surface area (Å²) < 4.78 is 14.5. The molecule has 0 aromatic rings. The molecule has 0 atom stereocenters. The Labute approximate surface area is 142 Å². The van der Waals surface area contributed by atoms with Crippen molar-refractivity contribution in [2.75, 3.05) is 13.2 Å². The fraction of sp³-hybridized carbons (Fsp3) is 1.00. The Balaban J connectivity index is -0.000000578. The molecule has 0 radical (unpaired) electrons. The molecule has 0 aliphatic heterocycles. The minimum Gasteiger partial charge on any atom is -0.381 e. The summed E-state index contributed by atoms with van der Waals surface area (Å²) in [7, 11) is -4.64. The molecule has 0 rings (SSSR count). The second kappa shape index (κ2) is 22.0. The summed E-state index contributed by atoms with van der Waals surface area (Å²) >= 11 is 0. The summed E-state index contributed by atoms with van der Waals surface area (Å²) in [6.45, 7) is 6.51. The van der Waals surface area contributed by atoms with Crippen LogP contribution in [0.25, 0.3) is 0 Å². The van der Waals surface area contributed by atoms with Crippen molar-refractivity contribution in [1.82, 2.24) is 6.15 Å². The second-order valence-corrected chi connectivity index (χ2v) is 6.69. The lowest BCUT2D eigenvalue weighted by atomic mass is 10.1. The van der Waals surface area contributed by atoms with Crippen LogP contribution in [0.15, 0.2) is 0 Å². The zero-order chi connectivity index (χ0) is 17.1. The van der Waals surface area contributed by atoms with Crippen LogP contribution in [-0.2, 0) is 9.30 Å². The quantitative estimate of drug-likeness (QED) is 0.257. The lowest BCUT2D eigenvalue weighted by molar-refractivity contribution is 0.125. The Morgan fingerprint density at radius 1 is 0.652 bits per heavy atom. The average Bonchev–Trinajstić information content (AvgIpc) is 2.42. The van der Waals surface area contributed by atoms with Gasteiger partial charge in [0, 0.05) is 13.2 Å². The summed E-state index contributed by atoms with van der Waals surface area (Å²) in [6.07, 6.45) is 16.3. The summed E-state index contributed by atoms with van der Waals surface area (Å²) in [4.78, 5) is 21.6. The standard InChI is InChI=1S/C16H34O.H3N.H3O4P/c1-3-5-7-9-11-13-15-17-16-14-12-10-8-6-4-2;;1-5(2,3)4/h3-16H2,1-2H3;1H3;(H3,1,2,3,4). The van der Waals surface area contributed by atoms with Crippen molar-refractivity contribution in [3.05, 3.63) is 0 Å². The van der Waals surface area contributed by atoms with Crippen LogP contribution in [0, 0.1) is 0 Å². The molecule has 0 aliphatic rings. The monoisotopic (exact) mass is 357 g/mol. The Morgan fingerprint density at radius 2 is 0.913 bits per heavy atom. The SMILES string of the molecule is CCCCCCCCOCCCCCCCC.N.O=P(O)(O)O. The van der Waals surface area contributed by atoms with E-state index in [9.17, 15) is 0 Å². The molecule has 6 N–H and O–H groups in total. The third kappa shape index (κ3) is 44.9. The first-order chi connectivity index (χ1) is 10.4. The van der Waals surface area contributed by atoms with Crippen LogP contribution in [0.4, 0.5) is 0 Å². The van der Waals surface area contributed by atoms with Gasteiger partial charge in [0.05, 0.1) is 0 Å². The molecule has 7 heteroatoms. The number of hydrogen-bond acceptors (Lipinski definition) is 3. The van der Waals surface area contributed by atoms with E-state index in [0.29, 0.717) is 0 Å². The van der Waals surface area contributed by atoms with E-state index in [1.807, 2.05) is 0 Å². The van der Waals surface area contributed by atoms with Crippen molar-refractivity contribution in [2.24, 2.45) is 0 Å². The highest BCUT2D eigenvalue weighted by Gasteiger charge is 2.00. The van der Waals surface area contributed by atoms with Crippen LogP contribution in [0.5, 0.6) is 0 Å². The third-order valence-electron chi connectivity index (χ3n) is 3.28. The van der Waals surface area contributed by atoms with Gasteiger partial charge < -0.3 is 25.6 Å². The van der Waals surface area contributed by atoms with Crippen molar-refractivity contribution in [2.45, 2.75) is 90.9 Å². The molecular weight excluding hydrogens is 317 g/mol. The number of unbranched alkanes of at least 4 members (excludes halogenated alkanes) is 10. The van der Waals surface area contributed by atoms with Crippen molar-refractivity contribution >= 4 is 7.82 Å². The lowest BCUT2D eigenvalue weighted by Gasteiger charge is -2.04. The van der Waals surface area contributed by atoms with E-state index in [4.69, 9.17) is 24.0 Å². The third-order valence-corrected chi connectivity index (χ3v) is 3.28. The molecule has 0 spiro atoms. The molecule has 0 aromatic heterocycles. The highest BCUT2D eigenvalue weighted by Crippen LogP contribution is 2.25. The van der Waals surface area contributed by atoms with Gasteiger partial charge in [0.15, 0.2) is 0 Å². The van der Waals surface area contributed by atoms with Crippen molar-refractivity contribution in [3.8, 4) is 0 Å². The van der Waals surface area contributed by atoms with E-state index in [2.05, 4.69) is 13.8 Å². The van der Waals surface area contributed by atoms with Crippen LogP contribution >= 0.6 is 7.82 Å². The molecule has 0 unspecified atom stereocenters. The zero-order valence-electron chi connectivity index (χ0n) is 15.2. The maximum absolute atomic E-state index is 8.88. The first kappa shape index (κ1) is 27.9. The fourth-order valence-electron chi connectivity index (χ4n) is 2.07. The van der Waals surface area contributed by atoms with E-state index < -0.39 is 7.82 Å². The van der Waals surface area contributed by atoms with Gasteiger partial charge in [0.1, 0.15) is 0 Å². The maximum Gasteiger partial charge on any atom is 0.466 e. The summed E-state index contributed by atoms with van der Waals surface area (Å²) in [6, 6.07) is 0. The normalized spacial score (nSPS) is 10.7. The molecule has 0 heterocycles. The summed E-state index contributed by atoms with van der Waals surface area (Å²) in [5.74, 6) is 0. The second-order valence-electron chi connectivity index (χ2n) is 5.66. The first-order valence-electron chi connectivity index (χ1n) is 8.77. The van der Waals surface area contributed by atoms with Gasteiger partial charge in [-0.2, -0.15) is 0 Å². The molecule has 0 amide bonds. The first-order valence-corrected chi connectivity index (χ1v) is 10.3. The van der Waals surface area contributed by atoms with Gasteiger partial charge in [-0.3, -0.25) is 0 Å². The maximum atomic E-state index is 8.88. The van der Waals surface area contributed by atoms with Crippen molar-refractivity contribution < 1.29 is 24.0 Å². The summed E-state index contributed by atoms with van der Waals surface area (Å²) in [5.41, 5.74) is 0. The molecule has 0 bridgehead atoms. The Morgan fingerprint density at radius 3 is 1.22 bits per heavy atom. The van der Waals surface area contributed by atoms with Crippen LogP contribution in [0.1, 0.15) is 90.9 Å². The van der Waals surface area contributed by atoms with Crippen molar-refractivity contribution in [3.63, 3.8) is 0 Å². The van der Waals surface area contributed by atoms with E-state index in [1.165, 1.54) is 77.0 Å². The van der Waals surface area contributed by atoms with E-state index in [0.717, 1.165) is 13.2 Å². The van der Waals surface area contributed by atoms with Crippen molar-refractivity contribution in [1.29, 1.82) is 0 Å². The van der Waals surface area contributed by atoms with Crippen LogP contribution < -0.4 is 6.15 Å². The van der Waals surface area contributed by atoms with E-state index in [1.54, 1.807) is 0 Å². The molecule has 6 nitrogen and oxygen atoms in total. The largest absolute Gasteiger partial charge is 0.466 e. The van der Waals surface area contributed by atoms with Gasteiger partial charge in [0.25, 0.3) is 0 Å². The van der Waals surface area contributed by atoms with Gasteiger partial charge in [-0.25, -0.2) is 4.57 Å². The minimum atomic E-state index is -4.64. The lowest BCUT2D eigenvalue weighted by Crippen LogP contribution is -1.97. The predicted molar refractivity (Wildman–Crippen MR) is 96.9 cm³/mol. The number of ether oxygens (including phenoxy) is 1. The highest BCUT2D eigenvalue weighted by atomic mass is 31.2. The number of rotatable bonds is 14. The van der Waals surface area contributed by atoms with Crippen LogP contribution in [-0.4, -0.2) is 27.9 Å². The minimum absolute atomic E-state index is 0. The predicted octanol–water partition coefficient (Wildman–Crippen LogP) is 4.96. The Bertz CT molecular complexity index is 226. The number of hydrogen-bond donors (Lipinski definition) is 4. The van der Waals surface area contributed by atoms with E-state index >= 15 is 0 Å². The molecule has 0 fully saturated rings. The molecule has 0 aliphatic carbocycles. The van der Waals surface area contributed by atoms with Gasteiger partial charge in [-0.05, 0) is 12.8 Å². The Kier molecular flexibility index (Phi) is 26.7. The van der Waals surface area contributed by atoms with Gasteiger partial charge in [-0.15, -0.1) is 0 Å². The summed E-state index contributed by atoms with van der Waals surface area (Å²) in [5, 5.41) is 0. The van der Waals surface area contributed by atoms with Gasteiger partial charge in [0.2, 0.25) is 0 Å². The van der Waals surface area contributed by atoms with Crippen LogP contribution in [0.3, 0.4) is 0 Å². The number of phosphoric acid groups is 1. The zero-order valence-corrected chi connectivity index (χ0v) is 16.1. The average molecular weight is 357 g/mol. The molecule has 0 saturated carbocycles. The van der Waals surface area contributed by atoms with Gasteiger partial charge >= 0.3 is 7.82 Å².